The van der Waals surface area contributed by atoms with Crippen molar-refractivity contribution in [3.05, 3.63) is 29.6 Å². The van der Waals surface area contributed by atoms with Crippen molar-refractivity contribution in [1.82, 2.24) is 9.88 Å². The van der Waals surface area contributed by atoms with E-state index in [1.807, 2.05) is 0 Å². The number of morpholine rings is 1. The van der Waals surface area contributed by atoms with Crippen LogP contribution in [0.25, 0.3) is 0 Å². The molecule has 1 amide bonds. The number of nitrogens with zero attached hydrogens (tertiary/aromatic N) is 2. The zero-order chi connectivity index (χ0) is 15.6. The second-order valence-corrected chi connectivity index (χ2v) is 6.03. The van der Waals surface area contributed by atoms with Gasteiger partial charge < -0.3 is 14.7 Å². The third kappa shape index (κ3) is 2.97. The molecule has 6 heteroatoms. The first-order chi connectivity index (χ1) is 10.6. The number of amides is 1. The Morgan fingerprint density at radius 3 is 2.64 bits per heavy atom. The van der Waals surface area contributed by atoms with Crippen LogP contribution in [0.2, 0.25) is 0 Å². The molecule has 1 saturated heterocycles. The van der Waals surface area contributed by atoms with Crippen LogP contribution in [-0.4, -0.2) is 52.2 Å². The maximum absolute atomic E-state index is 12.6. The largest absolute Gasteiger partial charge is 0.477 e. The Labute approximate surface area is 129 Å². The molecule has 1 spiro atoms. The summed E-state index contributed by atoms with van der Waals surface area (Å²) in [5.74, 6) is -1.34. The van der Waals surface area contributed by atoms with Gasteiger partial charge in [0.05, 0.1) is 18.8 Å². The number of carbonyl (C=O) groups excluding carboxylic acids is 1. The van der Waals surface area contributed by atoms with Gasteiger partial charge in [-0.3, -0.25) is 4.79 Å². The van der Waals surface area contributed by atoms with Crippen LogP contribution >= 0.6 is 0 Å². The van der Waals surface area contributed by atoms with Crippen LogP contribution < -0.4 is 0 Å². The van der Waals surface area contributed by atoms with Crippen molar-refractivity contribution in [1.29, 1.82) is 0 Å². The average Bonchev–Trinajstić information content (AvgIpc) is 2.55. The molecular formula is C16H20N2O4. The molecule has 2 fully saturated rings. The van der Waals surface area contributed by atoms with Gasteiger partial charge in [-0.15, -0.1) is 0 Å². The highest BCUT2D eigenvalue weighted by molar-refractivity contribution is 5.94. The van der Waals surface area contributed by atoms with Gasteiger partial charge in [-0.1, -0.05) is 25.3 Å². The molecule has 0 unspecified atom stereocenters. The van der Waals surface area contributed by atoms with E-state index in [2.05, 4.69) is 4.98 Å². The molecular weight excluding hydrogens is 284 g/mol. The van der Waals surface area contributed by atoms with Gasteiger partial charge in [0.2, 0.25) is 0 Å². The second kappa shape index (κ2) is 6.04. The Balaban J connectivity index is 1.76. The minimum atomic E-state index is -1.12. The molecule has 0 aromatic carbocycles. The van der Waals surface area contributed by atoms with Crippen LogP contribution in [0.1, 0.15) is 53.1 Å². The summed E-state index contributed by atoms with van der Waals surface area (Å²) in [4.78, 5) is 29.3. The number of ether oxygens (including phenoxy) is 1. The lowest BCUT2D eigenvalue weighted by Gasteiger charge is -2.44. The average molecular weight is 304 g/mol. The van der Waals surface area contributed by atoms with Gasteiger partial charge in [-0.2, -0.15) is 0 Å². The SMILES string of the molecule is O=C(O)c1cccc(C(=O)N2CCOC3(CCCCC3)C2)n1. The van der Waals surface area contributed by atoms with E-state index in [9.17, 15) is 9.59 Å². The van der Waals surface area contributed by atoms with Crippen molar-refractivity contribution in [3.8, 4) is 0 Å². The van der Waals surface area contributed by atoms with Crippen LogP contribution in [0.3, 0.4) is 0 Å². The summed E-state index contributed by atoms with van der Waals surface area (Å²) in [6, 6.07) is 4.51. The van der Waals surface area contributed by atoms with Crippen LogP contribution in [0.4, 0.5) is 0 Å². The fourth-order valence-corrected chi connectivity index (χ4v) is 3.35. The first kappa shape index (κ1) is 15.0. The molecule has 1 saturated carbocycles. The Hall–Kier alpha value is -1.95. The lowest BCUT2D eigenvalue weighted by molar-refractivity contribution is -0.118. The summed E-state index contributed by atoms with van der Waals surface area (Å²) in [6.45, 7) is 1.63. The van der Waals surface area contributed by atoms with E-state index in [0.717, 1.165) is 25.7 Å². The van der Waals surface area contributed by atoms with Crippen molar-refractivity contribution in [3.63, 3.8) is 0 Å². The maximum Gasteiger partial charge on any atom is 0.354 e. The number of carboxylic acid groups (broad SMARTS) is 1. The predicted octanol–water partition coefficient (Wildman–Crippen LogP) is 1.96. The summed E-state index contributed by atoms with van der Waals surface area (Å²) >= 11 is 0. The highest BCUT2D eigenvalue weighted by Crippen LogP contribution is 2.34. The van der Waals surface area contributed by atoms with Gasteiger partial charge in [-0.25, -0.2) is 9.78 Å². The van der Waals surface area contributed by atoms with Crippen LogP contribution in [-0.2, 0) is 4.74 Å². The monoisotopic (exact) mass is 304 g/mol. The maximum atomic E-state index is 12.6. The lowest BCUT2D eigenvalue weighted by atomic mass is 9.83. The van der Waals surface area contributed by atoms with Crippen molar-refractivity contribution < 1.29 is 19.4 Å². The highest BCUT2D eigenvalue weighted by Gasteiger charge is 2.39. The van der Waals surface area contributed by atoms with E-state index < -0.39 is 5.97 Å². The summed E-state index contributed by atoms with van der Waals surface area (Å²) in [6.07, 6.45) is 5.46. The molecule has 1 aliphatic heterocycles. The Morgan fingerprint density at radius 2 is 1.91 bits per heavy atom. The summed E-state index contributed by atoms with van der Waals surface area (Å²) < 4.78 is 5.98. The molecule has 0 bridgehead atoms. The van der Waals surface area contributed by atoms with Crippen molar-refractivity contribution >= 4 is 11.9 Å². The second-order valence-electron chi connectivity index (χ2n) is 6.03. The van der Waals surface area contributed by atoms with Crippen molar-refractivity contribution in [2.75, 3.05) is 19.7 Å². The van der Waals surface area contributed by atoms with E-state index >= 15 is 0 Å². The van der Waals surface area contributed by atoms with Crippen LogP contribution in [0.5, 0.6) is 0 Å². The van der Waals surface area contributed by atoms with Gasteiger partial charge in [-0.05, 0) is 25.0 Å². The van der Waals surface area contributed by atoms with Gasteiger partial charge in [0.15, 0.2) is 0 Å². The third-order valence-electron chi connectivity index (χ3n) is 4.49. The summed E-state index contributed by atoms with van der Waals surface area (Å²) in [5.41, 5.74) is -0.129. The fourth-order valence-electron chi connectivity index (χ4n) is 3.35. The quantitative estimate of drug-likeness (QED) is 0.903. The number of aromatic nitrogens is 1. The number of rotatable bonds is 2. The van der Waals surface area contributed by atoms with E-state index in [1.165, 1.54) is 12.5 Å². The van der Waals surface area contributed by atoms with Crippen molar-refractivity contribution in [2.24, 2.45) is 0 Å². The van der Waals surface area contributed by atoms with E-state index in [4.69, 9.17) is 9.84 Å². The number of aromatic carboxylic acids is 1. The first-order valence-electron chi connectivity index (χ1n) is 7.73. The van der Waals surface area contributed by atoms with Crippen LogP contribution in [0, 0.1) is 0 Å². The highest BCUT2D eigenvalue weighted by atomic mass is 16.5. The van der Waals surface area contributed by atoms with Gasteiger partial charge >= 0.3 is 5.97 Å². The molecule has 3 rings (SSSR count). The summed E-state index contributed by atoms with van der Waals surface area (Å²) in [5, 5.41) is 8.99. The Kier molecular flexibility index (Phi) is 4.11. The Bertz CT molecular complexity index is 576. The van der Waals surface area contributed by atoms with E-state index in [1.54, 1.807) is 17.0 Å². The minimum Gasteiger partial charge on any atom is -0.477 e. The molecule has 2 heterocycles. The molecule has 1 aromatic rings. The molecule has 1 N–H and O–H groups in total. The topological polar surface area (TPSA) is 79.7 Å². The number of carboxylic acids is 1. The zero-order valence-corrected chi connectivity index (χ0v) is 12.5. The molecule has 22 heavy (non-hydrogen) atoms. The van der Waals surface area contributed by atoms with Gasteiger partial charge in [0.25, 0.3) is 5.91 Å². The van der Waals surface area contributed by atoms with Gasteiger partial charge in [0, 0.05) is 6.54 Å². The predicted molar refractivity (Wildman–Crippen MR) is 78.9 cm³/mol. The third-order valence-corrected chi connectivity index (χ3v) is 4.49. The fraction of sp³-hybridized carbons (Fsp3) is 0.562. The number of hydrogen-bond donors (Lipinski definition) is 1. The van der Waals surface area contributed by atoms with Gasteiger partial charge in [0.1, 0.15) is 11.4 Å². The standard InChI is InChI=1S/C16H20N2O4/c19-14(12-5-4-6-13(17-12)15(20)21)18-9-10-22-16(11-18)7-2-1-3-8-16/h4-6H,1-3,7-11H2,(H,20,21). The number of carbonyl (C=O) groups is 2. The molecule has 1 aliphatic carbocycles. The van der Waals surface area contributed by atoms with E-state index in [0.29, 0.717) is 19.7 Å². The Morgan fingerprint density at radius 1 is 1.18 bits per heavy atom. The molecule has 1 aromatic heterocycles. The van der Waals surface area contributed by atoms with E-state index in [-0.39, 0.29) is 22.9 Å². The smallest absolute Gasteiger partial charge is 0.354 e. The van der Waals surface area contributed by atoms with Crippen molar-refractivity contribution in [2.45, 2.75) is 37.7 Å². The molecule has 118 valence electrons. The number of hydrogen-bond acceptors (Lipinski definition) is 4. The lowest BCUT2D eigenvalue weighted by Crippen LogP contribution is -2.54. The number of pyridine rings is 1. The summed E-state index contributed by atoms with van der Waals surface area (Å²) in [7, 11) is 0. The first-order valence-corrected chi connectivity index (χ1v) is 7.73. The molecule has 0 atom stereocenters. The zero-order valence-electron chi connectivity index (χ0n) is 12.5. The normalized spacial score (nSPS) is 20.8. The molecule has 6 nitrogen and oxygen atoms in total. The molecule has 0 radical (unpaired) electrons. The van der Waals surface area contributed by atoms with Crippen LogP contribution in [0.15, 0.2) is 18.2 Å². The minimum absolute atomic E-state index is 0.105. The molecule has 2 aliphatic rings.